The predicted octanol–water partition coefficient (Wildman–Crippen LogP) is 2.68. The van der Waals surface area contributed by atoms with Gasteiger partial charge >= 0.3 is 0 Å². The first-order valence-electron chi connectivity index (χ1n) is 6.93. The van der Waals surface area contributed by atoms with E-state index in [0.717, 1.165) is 17.7 Å². The van der Waals surface area contributed by atoms with Crippen molar-refractivity contribution in [2.75, 3.05) is 6.61 Å². The van der Waals surface area contributed by atoms with Crippen molar-refractivity contribution in [1.82, 2.24) is 0 Å². The highest BCUT2D eigenvalue weighted by molar-refractivity contribution is 5.39. The molecule has 0 radical (unpaired) electrons. The van der Waals surface area contributed by atoms with Crippen molar-refractivity contribution < 1.29 is 9.84 Å². The summed E-state index contributed by atoms with van der Waals surface area (Å²) in [4.78, 5) is 0. The minimum absolute atomic E-state index is 0.295. The van der Waals surface area contributed by atoms with Crippen molar-refractivity contribution in [3.05, 3.63) is 29.8 Å². The number of hydrogen-bond acceptors (Lipinski definition) is 3. The van der Waals surface area contributed by atoms with Gasteiger partial charge < -0.3 is 9.84 Å². The highest BCUT2D eigenvalue weighted by Crippen LogP contribution is 2.50. The van der Waals surface area contributed by atoms with Gasteiger partial charge in [0.1, 0.15) is 17.8 Å². The van der Waals surface area contributed by atoms with Gasteiger partial charge in [-0.1, -0.05) is 25.1 Å². The summed E-state index contributed by atoms with van der Waals surface area (Å²) < 4.78 is 5.76. The van der Waals surface area contributed by atoms with Gasteiger partial charge in [-0.2, -0.15) is 5.26 Å². The molecular formula is C16H19NO2. The van der Waals surface area contributed by atoms with Gasteiger partial charge in [0.25, 0.3) is 0 Å². The molecule has 1 saturated carbocycles. The summed E-state index contributed by atoms with van der Waals surface area (Å²) >= 11 is 0. The van der Waals surface area contributed by atoms with E-state index < -0.39 is 11.0 Å². The van der Waals surface area contributed by atoms with Gasteiger partial charge in [-0.15, -0.1) is 0 Å². The SMILES string of the molecule is CC1CCC(O)(C2(C#N)COc3ccccc3C2)C1. The van der Waals surface area contributed by atoms with Gasteiger partial charge in [0.05, 0.1) is 11.7 Å². The number of hydrogen-bond donors (Lipinski definition) is 1. The van der Waals surface area contributed by atoms with E-state index in [2.05, 4.69) is 13.0 Å². The number of rotatable bonds is 1. The zero-order valence-corrected chi connectivity index (χ0v) is 11.2. The van der Waals surface area contributed by atoms with Crippen molar-refractivity contribution >= 4 is 0 Å². The molecule has 0 amide bonds. The van der Waals surface area contributed by atoms with Crippen LogP contribution in [0.5, 0.6) is 5.75 Å². The summed E-state index contributed by atoms with van der Waals surface area (Å²) in [6.07, 6.45) is 2.98. The van der Waals surface area contributed by atoms with Crippen molar-refractivity contribution in [1.29, 1.82) is 5.26 Å². The molecular weight excluding hydrogens is 238 g/mol. The second-order valence-corrected chi connectivity index (χ2v) is 6.15. The largest absolute Gasteiger partial charge is 0.492 e. The molecule has 1 heterocycles. The minimum atomic E-state index is -0.908. The van der Waals surface area contributed by atoms with E-state index >= 15 is 0 Å². The Labute approximate surface area is 113 Å². The number of nitriles is 1. The third-order valence-corrected chi connectivity index (χ3v) is 4.78. The standard InChI is InChI=1S/C16H19NO2/c1-12-6-7-16(18,8-12)15(10-17)9-13-4-2-3-5-14(13)19-11-15/h2-5,12,18H,6-9,11H2,1H3. The van der Waals surface area contributed by atoms with E-state index in [1.165, 1.54) is 0 Å². The maximum Gasteiger partial charge on any atom is 0.124 e. The molecule has 3 heteroatoms. The average molecular weight is 257 g/mol. The molecule has 1 N–H and O–H groups in total. The van der Waals surface area contributed by atoms with Gasteiger partial charge in [0.2, 0.25) is 0 Å². The summed E-state index contributed by atoms with van der Waals surface area (Å²) in [5.41, 5.74) is -0.677. The molecule has 100 valence electrons. The van der Waals surface area contributed by atoms with E-state index in [4.69, 9.17) is 4.74 Å². The molecule has 1 fully saturated rings. The molecule has 3 atom stereocenters. The van der Waals surface area contributed by atoms with Gasteiger partial charge in [0, 0.05) is 6.42 Å². The molecule has 3 nitrogen and oxygen atoms in total. The topological polar surface area (TPSA) is 53.2 Å². The van der Waals surface area contributed by atoms with Crippen LogP contribution in [0.1, 0.15) is 31.7 Å². The summed E-state index contributed by atoms with van der Waals surface area (Å²) in [6.45, 7) is 2.43. The van der Waals surface area contributed by atoms with E-state index in [-0.39, 0.29) is 0 Å². The highest BCUT2D eigenvalue weighted by Gasteiger charge is 2.55. The van der Waals surface area contributed by atoms with Crippen molar-refractivity contribution in [3.8, 4) is 11.8 Å². The molecule has 1 aromatic rings. The Balaban J connectivity index is 1.97. The van der Waals surface area contributed by atoms with Crippen LogP contribution in [0.3, 0.4) is 0 Å². The van der Waals surface area contributed by atoms with Crippen LogP contribution in [0.4, 0.5) is 0 Å². The quantitative estimate of drug-likeness (QED) is 0.841. The average Bonchev–Trinajstić information content (AvgIpc) is 2.79. The van der Waals surface area contributed by atoms with Gasteiger partial charge in [-0.25, -0.2) is 0 Å². The summed E-state index contributed by atoms with van der Waals surface area (Å²) in [6, 6.07) is 10.2. The van der Waals surface area contributed by atoms with Crippen molar-refractivity contribution in [2.24, 2.45) is 11.3 Å². The molecule has 1 aliphatic heterocycles. The fraction of sp³-hybridized carbons (Fsp3) is 0.562. The Kier molecular flexibility index (Phi) is 2.79. The molecule has 1 aromatic carbocycles. The molecule has 0 spiro atoms. The number of benzene rings is 1. The van der Waals surface area contributed by atoms with Crippen LogP contribution < -0.4 is 4.74 Å². The normalized spacial score (nSPS) is 37.2. The fourth-order valence-corrected chi connectivity index (χ4v) is 3.54. The molecule has 3 unspecified atom stereocenters. The lowest BCUT2D eigenvalue weighted by Crippen LogP contribution is -2.52. The molecule has 19 heavy (non-hydrogen) atoms. The summed E-state index contributed by atoms with van der Waals surface area (Å²) in [5, 5.41) is 20.6. The molecule has 3 rings (SSSR count). The first-order valence-corrected chi connectivity index (χ1v) is 6.93. The van der Waals surface area contributed by atoms with Gasteiger partial charge in [-0.3, -0.25) is 0 Å². The Bertz CT molecular complexity index is 536. The van der Waals surface area contributed by atoms with E-state index in [1.54, 1.807) is 0 Å². The van der Waals surface area contributed by atoms with E-state index in [9.17, 15) is 10.4 Å². The molecule has 0 bridgehead atoms. The third kappa shape index (κ3) is 1.82. The second-order valence-electron chi connectivity index (χ2n) is 6.15. The lowest BCUT2D eigenvalue weighted by atomic mass is 9.67. The van der Waals surface area contributed by atoms with E-state index in [0.29, 0.717) is 31.8 Å². The molecule has 2 aliphatic rings. The predicted molar refractivity (Wildman–Crippen MR) is 71.7 cm³/mol. The van der Waals surface area contributed by atoms with E-state index in [1.807, 2.05) is 24.3 Å². The Hall–Kier alpha value is -1.53. The minimum Gasteiger partial charge on any atom is -0.492 e. The third-order valence-electron chi connectivity index (χ3n) is 4.78. The number of para-hydroxylation sites is 1. The second kappa shape index (κ2) is 4.25. The van der Waals surface area contributed by atoms with Crippen molar-refractivity contribution in [2.45, 2.75) is 38.2 Å². The number of aliphatic hydroxyl groups is 1. The Morgan fingerprint density at radius 3 is 2.89 bits per heavy atom. The van der Waals surface area contributed by atoms with Crippen LogP contribution in [0.25, 0.3) is 0 Å². The molecule has 0 saturated heterocycles. The van der Waals surface area contributed by atoms with Crippen LogP contribution in [0.15, 0.2) is 24.3 Å². The maximum absolute atomic E-state index is 11.0. The maximum atomic E-state index is 11.0. The Morgan fingerprint density at radius 1 is 1.42 bits per heavy atom. The summed E-state index contributed by atoms with van der Waals surface area (Å²) in [5.74, 6) is 1.33. The smallest absolute Gasteiger partial charge is 0.124 e. The first-order chi connectivity index (χ1) is 9.09. The van der Waals surface area contributed by atoms with Crippen LogP contribution in [-0.2, 0) is 6.42 Å². The van der Waals surface area contributed by atoms with Crippen LogP contribution in [0, 0.1) is 22.7 Å². The number of fused-ring (bicyclic) bond motifs is 1. The lowest BCUT2D eigenvalue weighted by Gasteiger charge is -2.43. The highest BCUT2D eigenvalue weighted by atomic mass is 16.5. The number of nitrogens with zero attached hydrogens (tertiary/aromatic N) is 1. The Morgan fingerprint density at radius 2 is 2.21 bits per heavy atom. The molecule has 0 aromatic heterocycles. The number of ether oxygens (including phenoxy) is 1. The first kappa shape index (κ1) is 12.5. The van der Waals surface area contributed by atoms with Crippen LogP contribution in [0.2, 0.25) is 0 Å². The zero-order valence-electron chi connectivity index (χ0n) is 11.2. The van der Waals surface area contributed by atoms with Crippen LogP contribution >= 0.6 is 0 Å². The van der Waals surface area contributed by atoms with Crippen LogP contribution in [-0.4, -0.2) is 17.3 Å². The summed E-state index contributed by atoms with van der Waals surface area (Å²) in [7, 11) is 0. The monoisotopic (exact) mass is 257 g/mol. The lowest BCUT2D eigenvalue weighted by molar-refractivity contribution is -0.0773. The van der Waals surface area contributed by atoms with Crippen molar-refractivity contribution in [3.63, 3.8) is 0 Å². The zero-order chi connectivity index (χ0) is 13.5. The fourth-order valence-electron chi connectivity index (χ4n) is 3.54. The van der Waals surface area contributed by atoms with Gasteiger partial charge in [0.15, 0.2) is 0 Å². The van der Waals surface area contributed by atoms with Gasteiger partial charge in [-0.05, 0) is 36.8 Å². The molecule has 1 aliphatic carbocycles.